The Balaban J connectivity index is 1.96. The number of anilines is 1. The maximum atomic E-state index is 5.46. The summed E-state index contributed by atoms with van der Waals surface area (Å²) in [7, 11) is 3.34. The molecule has 2 rings (SSSR count). The van der Waals surface area contributed by atoms with Gasteiger partial charge in [-0.05, 0) is 19.3 Å². The smallest absolute Gasteiger partial charge is 0.321 e. The third kappa shape index (κ3) is 2.03. The number of hydrogen-bond donors (Lipinski definition) is 1. The van der Waals surface area contributed by atoms with Gasteiger partial charge in [0, 0.05) is 20.8 Å². The summed E-state index contributed by atoms with van der Waals surface area (Å²) in [6, 6.07) is 0.426. The van der Waals surface area contributed by atoms with Crippen LogP contribution in [0.3, 0.4) is 0 Å². The van der Waals surface area contributed by atoms with Gasteiger partial charge in [-0.25, -0.2) is 0 Å². The Labute approximate surface area is 94.3 Å². The second-order valence-corrected chi connectivity index (χ2v) is 3.89. The number of aromatic nitrogens is 2. The van der Waals surface area contributed by atoms with Crippen molar-refractivity contribution in [3.63, 3.8) is 0 Å². The zero-order chi connectivity index (χ0) is 11.4. The summed E-state index contributed by atoms with van der Waals surface area (Å²) in [4.78, 5) is 4.28. The molecule has 0 unspecified atom stereocenters. The van der Waals surface area contributed by atoms with E-state index in [-0.39, 0.29) is 5.60 Å². The summed E-state index contributed by atoms with van der Waals surface area (Å²) in [5, 5.41) is 6.94. The van der Waals surface area contributed by atoms with Crippen molar-refractivity contribution in [2.24, 2.45) is 0 Å². The summed E-state index contributed by atoms with van der Waals surface area (Å²) in [5.74, 6) is 0.640. The Morgan fingerprint density at radius 1 is 1.44 bits per heavy atom. The number of hydrogen-bond acceptors (Lipinski definition) is 6. The molecule has 0 amide bonds. The van der Waals surface area contributed by atoms with Crippen LogP contribution in [-0.4, -0.2) is 37.5 Å². The second-order valence-electron chi connectivity index (χ2n) is 3.89. The van der Waals surface area contributed by atoms with E-state index < -0.39 is 0 Å². The lowest BCUT2D eigenvalue weighted by Crippen LogP contribution is -2.37. The molecule has 0 saturated heterocycles. The molecule has 1 aliphatic carbocycles. The number of ether oxygens (including phenoxy) is 2. The van der Waals surface area contributed by atoms with Crippen molar-refractivity contribution < 1.29 is 14.0 Å². The molecule has 1 aromatic heterocycles. The quantitative estimate of drug-likeness (QED) is 0.735. The lowest BCUT2D eigenvalue weighted by atomic mass is 9.79. The summed E-state index contributed by atoms with van der Waals surface area (Å²) < 4.78 is 15.5. The van der Waals surface area contributed by atoms with Crippen LogP contribution in [-0.2, 0) is 15.1 Å². The number of nitrogens with zero attached hydrogens (tertiary/aromatic N) is 2. The summed E-state index contributed by atoms with van der Waals surface area (Å²) in [5.41, 5.74) is -0.315. The van der Waals surface area contributed by atoms with Crippen molar-refractivity contribution in [3.8, 4) is 0 Å². The van der Waals surface area contributed by atoms with Gasteiger partial charge in [0.1, 0.15) is 5.60 Å². The first-order chi connectivity index (χ1) is 7.80. The van der Waals surface area contributed by atoms with Crippen LogP contribution >= 0.6 is 0 Å². The SMILES string of the molecule is COCCNc1nc(C2(OC)CCC2)no1. The molecule has 0 radical (unpaired) electrons. The van der Waals surface area contributed by atoms with Crippen molar-refractivity contribution in [1.29, 1.82) is 0 Å². The average Bonchev–Trinajstić information content (AvgIpc) is 2.67. The number of methoxy groups -OCH3 is 2. The van der Waals surface area contributed by atoms with E-state index in [0.29, 0.717) is 25.0 Å². The second kappa shape index (κ2) is 4.80. The van der Waals surface area contributed by atoms with Gasteiger partial charge < -0.3 is 19.3 Å². The maximum Gasteiger partial charge on any atom is 0.321 e. The van der Waals surface area contributed by atoms with Crippen LogP contribution in [0, 0.1) is 0 Å². The molecule has 6 heteroatoms. The van der Waals surface area contributed by atoms with E-state index in [0.717, 1.165) is 19.3 Å². The highest BCUT2D eigenvalue weighted by Crippen LogP contribution is 2.42. The molecule has 6 nitrogen and oxygen atoms in total. The maximum absolute atomic E-state index is 5.46. The van der Waals surface area contributed by atoms with Gasteiger partial charge in [-0.15, -0.1) is 0 Å². The van der Waals surface area contributed by atoms with Crippen LogP contribution in [0.5, 0.6) is 0 Å². The van der Waals surface area contributed by atoms with Crippen LogP contribution in [0.4, 0.5) is 6.01 Å². The Hall–Kier alpha value is -1.14. The van der Waals surface area contributed by atoms with Crippen molar-refractivity contribution in [3.05, 3.63) is 5.82 Å². The fourth-order valence-corrected chi connectivity index (χ4v) is 1.76. The van der Waals surface area contributed by atoms with Crippen molar-refractivity contribution in [2.75, 3.05) is 32.7 Å². The van der Waals surface area contributed by atoms with Crippen molar-refractivity contribution in [2.45, 2.75) is 24.9 Å². The van der Waals surface area contributed by atoms with Gasteiger partial charge in [0.05, 0.1) is 6.61 Å². The highest BCUT2D eigenvalue weighted by atomic mass is 16.5. The molecule has 0 bridgehead atoms. The molecule has 1 fully saturated rings. The highest BCUT2D eigenvalue weighted by Gasteiger charge is 2.43. The summed E-state index contributed by atoms with van der Waals surface area (Å²) in [6.07, 6.45) is 3.07. The van der Waals surface area contributed by atoms with Gasteiger partial charge in [-0.3, -0.25) is 0 Å². The fraction of sp³-hybridized carbons (Fsp3) is 0.800. The van der Waals surface area contributed by atoms with E-state index in [9.17, 15) is 0 Å². The Bertz CT molecular complexity index is 330. The fourth-order valence-electron chi connectivity index (χ4n) is 1.76. The lowest BCUT2D eigenvalue weighted by Gasteiger charge is -2.37. The topological polar surface area (TPSA) is 69.4 Å². The third-order valence-corrected chi connectivity index (χ3v) is 2.97. The molecule has 1 aromatic rings. The summed E-state index contributed by atoms with van der Waals surface area (Å²) >= 11 is 0. The van der Waals surface area contributed by atoms with Crippen LogP contribution < -0.4 is 5.32 Å². The first-order valence-corrected chi connectivity index (χ1v) is 5.43. The molecule has 0 aliphatic heterocycles. The monoisotopic (exact) mass is 227 g/mol. The zero-order valence-electron chi connectivity index (χ0n) is 9.65. The molecular weight excluding hydrogens is 210 g/mol. The van der Waals surface area contributed by atoms with Gasteiger partial charge in [0.25, 0.3) is 0 Å². The highest BCUT2D eigenvalue weighted by molar-refractivity contribution is 5.21. The normalized spacial score (nSPS) is 18.1. The predicted molar refractivity (Wildman–Crippen MR) is 57.2 cm³/mol. The van der Waals surface area contributed by atoms with Gasteiger partial charge in [0.15, 0.2) is 0 Å². The average molecular weight is 227 g/mol. The standard InChI is InChI=1S/C10H17N3O3/c1-14-7-6-11-9-12-8(13-16-9)10(15-2)4-3-5-10/h3-7H2,1-2H3,(H,11,12,13). The van der Waals surface area contributed by atoms with Gasteiger partial charge in [-0.2, -0.15) is 4.98 Å². The van der Waals surface area contributed by atoms with Crippen molar-refractivity contribution >= 4 is 6.01 Å². The van der Waals surface area contributed by atoms with E-state index >= 15 is 0 Å². The van der Waals surface area contributed by atoms with E-state index in [2.05, 4.69) is 15.5 Å². The van der Waals surface area contributed by atoms with Gasteiger partial charge >= 0.3 is 6.01 Å². The van der Waals surface area contributed by atoms with Crippen LogP contribution in [0.2, 0.25) is 0 Å². The Morgan fingerprint density at radius 2 is 2.25 bits per heavy atom. The predicted octanol–water partition coefficient (Wildman–Crippen LogP) is 1.15. The van der Waals surface area contributed by atoms with E-state index in [1.807, 2.05) is 0 Å². The van der Waals surface area contributed by atoms with Crippen molar-refractivity contribution in [1.82, 2.24) is 10.1 Å². The lowest BCUT2D eigenvalue weighted by molar-refractivity contribution is -0.0858. The first-order valence-electron chi connectivity index (χ1n) is 5.43. The van der Waals surface area contributed by atoms with E-state index in [4.69, 9.17) is 14.0 Å². The zero-order valence-corrected chi connectivity index (χ0v) is 9.65. The van der Waals surface area contributed by atoms with E-state index in [1.54, 1.807) is 14.2 Å². The first kappa shape index (κ1) is 11.3. The minimum atomic E-state index is -0.315. The summed E-state index contributed by atoms with van der Waals surface area (Å²) in [6.45, 7) is 1.26. The molecule has 90 valence electrons. The molecule has 1 aliphatic rings. The van der Waals surface area contributed by atoms with E-state index in [1.165, 1.54) is 0 Å². The molecule has 16 heavy (non-hydrogen) atoms. The molecule has 1 saturated carbocycles. The Morgan fingerprint density at radius 3 is 2.81 bits per heavy atom. The van der Waals surface area contributed by atoms with Gasteiger partial charge in [0.2, 0.25) is 5.82 Å². The largest absolute Gasteiger partial charge is 0.383 e. The molecular formula is C10H17N3O3. The molecule has 1 heterocycles. The van der Waals surface area contributed by atoms with Gasteiger partial charge in [-0.1, -0.05) is 5.16 Å². The molecule has 0 spiro atoms. The third-order valence-electron chi connectivity index (χ3n) is 2.97. The van der Waals surface area contributed by atoms with Crippen LogP contribution in [0.25, 0.3) is 0 Å². The molecule has 0 atom stereocenters. The minimum absolute atomic E-state index is 0.315. The minimum Gasteiger partial charge on any atom is -0.383 e. The number of rotatable bonds is 6. The van der Waals surface area contributed by atoms with Crippen LogP contribution in [0.15, 0.2) is 4.52 Å². The number of nitrogens with one attached hydrogen (secondary N) is 1. The Kier molecular flexibility index (Phi) is 3.40. The molecule has 1 N–H and O–H groups in total. The van der Waals surface area contributed by atoms with Crippen LogP contribution in [0.1, 0.15) is 25.1 Å². The molecule has 0 aromatic carbocycles.